The van der Waals surface area contributed by atoms with E-state index < -0.39 is 0 Å². The lowest BCUT2D eigenvalue weighted by Crippen LogP contribution is -2.44. The number of fused-ring (bicyclic) bond motifs is 2. The number of benzene rings is 1. The van der Waals surface area contributed by atoms with Crippen molar-refractivity contribution in [3.8, 4) is 0 Å². The number of morpholine rings is 1. The van der Waals surface area contributed by atoms with Gasteiger partial charge in [-0.25, -0.2) is 4.98 Å². The van der Waals surface area contributed by atoms with Crippen LogP contribution in [-0.4, -0.2) is 70.9 Å². The summed E-state index contributed by atoms with van der Waals surface area (Å²) in [7, 11) is 1.68. The van der Waals surface area contributed by atoms with Gasteiger partial charge >= 0.3 is 0 Å². The highest BCUT2D eigenvalue weighted by Crippen LogP contribution is 2.45. The number of methoxy groups -OCH3 is 1. The fraction of sp³-hybridized carbons (Fsp3) is 0.517. The van der Waals surface area contributed by atoms with E-state index in [-0.39, 0.29) is 23.1 Å². The number of ether oxygens (including phenoxy) is 2. The summed E-state index contributed by atoms with van der Waals surface area (Å²) < 4.78 is 12.8. The SMILES string of the molecule is COC[C@H]1CN(c2ccc3c(=O)n(CCc4cnc5c(c4)C(C)(C)N(C4CC4)C5=O)c(C)nc3c2)CCO1. The van der Waals surface area contributed by atoms with E-state index in [0.29, 0.717) is 54.6 Å². The number of anilines is 1. The molecule has 0 spiro atoms. The second-order valence-electron chi connectivity index (χ2n) is 11.2. The van der Waals surface area contributed by atoms with Gasteiger partial charge in [0, 0.05) is 50.2 Å². The van der Waals surface area contributed by atoms with Crippen molar-refractivity contribution in [2.24, 2.45) is 0 Å². The Labute approximate surface area is 222 Å². The van der Waals surface area contributed by atoms with Crippen LogP contribution in [0.1, 0.15) is 54.1 Å². The molecule has 4 heterocycles. The van der Waals surface area contributed by atoms with E-state index in [0.717, 1.165) is 42.7 Å². The van der Waals surface area contributed by atoms with Gasteiger partial charge < -0.3 is 19.3 Å². The number of hydrogen-bond donors (Lipinski definition) is 0. The van der Waals surface area contributed by atoms with Crippen LogP contribution in [0.15, 0.2) is 35.3 Å². The molecular weight excluding hydrogens is 482 g/mol. The number of amides is 1. The predicted octanol–water partition coefficient (Wildman–Crippen LogP) is 3.05. The topological polar surface area (TPSA) is 89.8 Å². The quantitative estimate of drug-likeness (QED) is 0.476. The van der Waals surface area contributed by atoms with Crippen LogP contribution in [0, 0.1) is 6.92 Å². The molecule has 9 heteroatoms. The molecule has 1 atom stereocenters. The third kappa shape index (κ3) is 4.27. The number of aromatic nitrogens is 3. The maximum Gasteiger partial charge on any atom is 0.273 e. The summed E-state index contributed by atoms with van der Waals surface area (Å²) in [5.41, 5.74) is 3.90. The van der Waals surface area contributed by atoms with E-state index in [4.69, 9.17) is 14.5 Å². The van der Waals surface area contributed by atoms with Crippen LogP contribution < -0.4 is 10.5 Å². The minimum atomic E-state index is -0.365. The molecule has 2 aliphatic heterocycles. The number of aryl methyl sites for hydroxylation is 2. The van der Waals surface area contributed by atoms with Crippen LogP contribution in [0.25, 0.3) is 10.9 Å². The highest BCUT2D eigenvalue weighted by Gasteiger charge is 2.50. The molecular formula is C29H35N5O4. The summed E-state index contributed by atoms with van der Waals surface area (Å²) in [6.45, 7) is 9.31. The lowest BCUT2D eigenvalue weighted by Gasteiger charge is -2.34. The molecule has 0 bridgehead atoms. The van der Waals surface area contributed by atoms with Gasteiger partial charge in [0.2, 0.25) is 0 Å². The first-order valence-corrected chi connectivity index (χ1v) is 13.5. The summed E-state index contributed by atoms with van der Waals surface area (Å²) in [5.74, 6) is 0.721. The minimum absolute atomic E-state index is 0.0290. The Morgan fingerprint density at radius 1 is 1.18 bits per heavy atom. The number of carbonyl (C=O) groups excluding carboxylic acids is 1. The van der Waals surface area contributed by atoms with Crippen LogP contribution in [0.3, 0.4) is 0 Å². The fourth-order valence-electron chi connectivity index (χ4n) is 6.00. The first-order chi connectivity index (χ1) is 18.3. The minimum Gasteiger partial charge on any atom is -0.382 e. The fourth-order valence-corrected chi connectivity index (χ4v) is 6.00. The van der Waals surface area contributed by atoms with Crippen molar-refractivity contribution in [1.29, 1.82) is 0 Å². The first kappa shape index (κ1) is 25.0. The van der Waals surface area contributed by atoms with Crippen molar-refractivity contribution < 1.29 is 14.3 Å². The molecule has 0 radical (unpaired) electrons. The first-order valence-electron chi connectivity index (χ1n) is 13.5. The van der Waals surface area contributed by atoms with E-state index in [1.54, 1.807) is 17.9 Å². The van der Waals surface area contributed by atoms with Crippen molar-refractivity contribution >= 4 is 22.5 Å². The van der Waals surface area contributed by atoms with Crippen LogP contribution in [0.4, 0.5) is 5.69 Å². The molecule has 9 nitrogen and oxygen atoms in total. The Morgan fingerprint density at radius 2 is 2.00 bits per heavy atom. The van der Waals surface area contributed by atoms with E-state index >= 15 is 0 Å². The number of pyridine rings is 1. The van der Waals surface area contributed by atoms with Crippen molar-refractivity contribution in [3.05, 3.63) is 63.5 Å². The highest BCUT2D eigenvalue weighted by atomic mass is 16.5. The second kappa shape index (κ2) is 9.47. The van der Waals surface area contributed by atoms with Crippen LogP contribution in [-0.2, 0) is 28.0 Å². The monoisotopic (exact) mass is 517 g/mol. The van der Waals surface area contributed by atoms with Gasteiger partial charge in [-0.3, -0.25) is 19.1 Å². The molecule has 1 amide bonds. The smallest absolute Gasteiger partial charge is 0.273 e. The lowest BCUT2D eigenvalue weighted by molar-refractivity contribution is -0.0100. The van der Waals surface area contributed by atoms with Crippen LogP contribution in [0.5, 0.6) is 0 Å². The maximum absolute atomic E-state index is 13.5. The van der Waals surface area contributed by atoms with Crippen molar-refractivity contribution in [2.45, 2.75) is 64.3 Å². The zero-order valence-corrected chi connectivity index (χ0v) is 22.6. The van der Waals surface area contributed by atoms with Crippen LogP contribution >= 0.6 is 0 Å². The summed E-state index contributed by atoms with van der Waals surface area (Å²) in [6.07, 6.45) is 4.57. The van der Waals surface area contributed by atoms with Gasteiger partial charge in [0.05, 0.1) is 35.8 Å². The summed E-state index contributed by atoms with van der Waals surface area (Å²) in [4.78, 5) is 40.0. The average Bonchev–Trinajstić information content (AvgIpc) is 3.70. The molecule has 2 fully saturated rings. The lowest BCUT2D eigenvalue weighted by atomic mass is 9.94. The zero-order chi connectivity index (χ0) is 26.6. The Morgan fingerprint density at radius 3 is 2.76 bits per heavy atom. The number of carbonyl (C=O) groups is 1. The molecule has 2 aromatic heterocycles. The summed E-state index contributed by atoms with van der Waals surface area (Å²) >= 11 is 0. The van der Waals surface area contributed by atoms with E-state index in [1.807, 2.05) is 30.0 Å². The van der Waals surface area contributed by atoms with Crippen LogP contribution in [0.2, 0.25) is 0 Å². The van der Waals surface area contributed by atoms with Gasteiger partial charge in [-0.05, 0) is 69.9 Å². The summed E-state index contributed by atoms with van der Waals surface area (Å²) in [6, 6.07) is 8.31. The molecule has 6 rings (SSSR count). The van der Waals surface area contributed by atoms with Gasteiger partial charge in [0.15, 0.2) is 0 Å². The van der Waals surface area contributed by atoms with Gasteiger partial charge in [0.25, 0.3) is 11.5 Å². The Bertz CT molecular complexity index is 1460. The molecule has 38 heavy (non-hydrogen) atoms. The van der Waals surface area contributed by atoms with Gasteiger partial charge in [-0.15, -0.1) is 0 Å². The largest absolute Gasteiger partial charge is 0.382 e. The van der Waals surface area contributed by atoms with Crippen molar-refractivity contribution in [2.75, 3.05) is 38.3 Å². The molecule has 200 valence electrons. The standard InChI is InChI=1S/C29H35N5O4/c1-18-31-25-14-21(32-11-12-38-22(16-32)17-37-4)7-8-23(25)27(35)33(18)10-9-19-13-24-26(30-15-19)28(36)34(20-5-6-20)29(24,2)3/h7-8,13-15,20,22H,5-6,9-12,16-17H2,1-4H3/t22-/m1/s1. The molecule has 0 unspecified atom stereocenters. The van der Waals surface area contributed by atoms with Crippen molar-refractivity contribution in [3.63, 3.8) is 0 Å². The Balaban J connectivity index is 1.23. The molecule has 3 aliphatic rings. The third-order valence-corrected chi connectivity index (χ3v) is 8.15. The molecule has 1 aromatic carbocycles. The maximum atomic E-state index is 13.5. The number of nitrogens with zero attached hydrogens (tertiary/aromatic N) is 5. The molecule has 3 aromatic rings. The summed E-state index contributed by atoms with van der Waals surface area (Å²) in [5, 5.41) is 0.611. The highest BCUT2D eigenvalue weighted by molar-refractivity contribution is 5.98. The van der Waals surface area contributed by atoms with E-state index in [1.165, 1.54) is 0 Å². The molecule has 0 N–H and O–H groups in total. The molecule has 1 saturated heterocycles. The molecule has 1 saturated carbocycles. The number of hydrogen-bond acceptors (Lipinski definition) is 7. The van der Waals surface area contributed by atoms with Gasteiger partial charge in [-0.1, -0.05) is 0 Å². The zero-order valence-electron chi connectivity index (χ0n) is 22.6. The Hall–Kier alpha value is -3.30. The number of rotatable bonds is 7. The third-order valence-electron chi connectivity index (χ3n) is 8.15. The Kier molecular flexibility index (Phi) is 6.23. The van der Waals surface area contributed by atoms with Gasteiger partial charge in [0.1, 0.15) is 11.5 Å². The van der Waals surface area contributed by atoms with E-state index in [9.17, 15) is 9.59 Å². The van der Waals surface area contributed by atoms with Crippen molar-refractivity contribution in [1.82, 2.24) is 19.4 Å². The predicted molar refractivity (Wildman–Crippen MR) is 145 cm³/mol. The normalized spacial score (nSPS) is 20.8. The van der Waals surface area contributed by atoms with Gasteiger partial charge in [-0.2, -0.15) is 0 Å². The van der Waals surface area contributed by atoms with E-state index in [2.05, 4.69) is 29.8 Å². The molecule has 1 aliphatic carbocycles. The average molecular weight is 518 g/mol. The second-order valence-corrected chi connectivity index (χ2v) is 11.2.